The van der Waals surface area contributed by atoms with E-state index in [2.05, 4.69) is 24.0 Å². The van der Waals surface area contributed by atoms with Crippen LogP contribution in [0.1, 0.15) is 18.1 Å². The molecule has 1 saturated heterocycles. The van der Waals surface area contributed by atoms with E-state index in [1.165, 1.54) is 5.56 Å². The Morgan fingerprint density at radius 2 is 1.82 bits per heavy atom. The molecule has 1 aliphatic heterocycles. The van der Waals surface area contributed by atoms with Gasteiger partial charge in [-0.2, -0.15) is 0 Å². The first-order valence-corrected chi connectivity index (χ1v) is 7.64. The first-order chi connectivity index (χ1) is 10.5. The van der Waals surface area contributed by atoms with Crippen LogP contribution in [0.2, 0.25) is 0 Å². The number of fused-ring (bicyclic) bond motifs is 1. The van der Waals surface area contributed by atoms with Crippen molar-refractivity contribution in [2.75, 3.05) is 26.2 Å². The Bertz CT molecular complexity index is 712. The van der Waals surface area contributed by atoms with E-state index >= 15 is 0 Å². The minimum Gasteiger partial charge on any atom is -0.361 e. The van der Waals surface area contributed by atoms with Crippen molar-refractivity contribution in [2.45, 2.75) is 20.3 Å². The number of carbonyl (C=O) groups excluding carboxylic acids is 2. The molecule has 0 spiro atoms. The van der Waals surface area contributed by atoms with Gasteiger partial charge in [0.1, 0.15) is 0 Å². The van der Waals surface area contributed by atoms with Crippen LogP contribution >= 0.6 is 0 Å². The highest BCUT2D eigenvalue weighted by molar-refractivity contribution is 5.89. The first kappa shape index (κ1) is 14.6. The van der Waals surface area contributed by atoms with Gasteiger partial charge in [0, 0.05) is 50.2 Å². The maximum atomic E-state index is 12.5. The second kappa shape index (κ2) is 5.83. The normalized spacial score (nSPS) is 15.4. The summed E-state index contributed by atoms with van der Waals surface area (Å²) in [5.74, 6) is 0.213. The Kier molecular flexibility index (Phi) is 3.88. The van der Waals surface area contributed by atoms with Gasteiger partial charge in [-0.15, -0.1) is 0 Å². The van der Waals surface area contributed by atoms with E-state index in [0.717, 1.165) is 16.5 Å². The van der Waals surface area contributed by atoms with Crippen LogP contribution in [0.3, 0.4) is 0 Å². The Labute approximate surface area is 129 Å². The van der Waals surface area contributed by atoms with E-state index in [0.29, 0.717) is 32.6 Å². The lowest BCUT2D eigenvalue weighted by molar-refractivity contribution is -0.137. The molecule has 0 radical (unpaired) electrons. The van der Waals surface area contributed by atoms with E-state index in [1.807, 2.05) is 17.2 Å². The summed E-state index contributed by atoms with van der Waals surface area (Å²) in [6.07, 6.45) is 2.33. The second-order valence-corrected chi connectivity index (χ2v) is 5.93. The number of H-pyrrole nitrogens is 1. The first-order valence-electron chi connectivity index (χ1n) is 7.64. The van der Waals surface area contributed by atoms with Crippen LogP contribution in [0.5, 0.6) is 0 Å². The van der Waals surface area contributed by atoms with Crippen molar-refractivity contribution < 1.29 is 9.59 Å². The maximum absolute atomic E-state index is 12.5. The summed E-state index contributed by atoms with van der Waals surface area (Å²) >= 11 is 0. The minimum absolute atomic E-state index is 0.0826. The van der Waals surface area contributed by atoms with Gasteiger partial charge < -0.3 is 14.8 Å². The molecule has 1 aliphatic rings. The van der Waals surface area contributed by atoms with Crippen LogP contribution < -0.4 is 0 Å². The number of hydrogen-bond acceptors (Lipinski definition) is 2. The number of hydrogen-bond donors (Lipinski definition) is 1. The van der Waals surface area contributed by atoms with Crippen molar-refractivity contribution in [1.29, 1.82) is 0 Å². The van der Waals surface area contributed by atoms with Crippen molar-refractivity contribution in [3.05, 3.63) is 35.5 Å². The average Bonchev–Trinajstić information content (AvgIpc) is 2.89. The fraction of sp³-hybridized carbons (Fsp3) is 0.412. The zero-order valence-corrected chi connectivity index (χ0v) is 13.1. The van der Waals surface area contributed by atoms with Crippen LogP contribution in [-0.4, -0.2) is 52.8 Å². The van der Waals surface area contributed by atoms with Gasteiger partial charge in [-0.05, 0) is 24.6 Å². The maximum Gasteiger partial charge on any atom is 0.227 e. The highest BCUT2D eigenvalue weighted by atomic mass is 16.2. The summed E-state index contributed by atoms with van der Waals surface area (Å²) in [4.78, 5) is 30.7. The van der Waals surface area contributed by atoms with Crippen LogP contribution in [0.25, 0.3) is 10.9 Å². The number of aromatic nitrogens is 1. The van der Waals surface area contributed by atoms with E-state index in [-0.39, 0.29) is 11.8 Å². The lowest BCUT2D eigenvalue weighted by Crippen LogP contribution is -2.50. The molecule has 116 valence electrons. The summed E-state index contributed by atoms with van der Waals surface area (Å²) in [6.45, 7) is 6.15. The second-order valence-electron chi connectivity index (χ2n) is 5.93. The van der Waals surface area contributed by atoms with Crippen molar-refractivity contribution in [3.63, 3.8) is 0 Å². The minimum atomic E-state index is 0.0826. The molecule has 22 heavy (non-hydrogen) atoms. The van der Waals surface area contributed by atoms with Crippen LogP contribution in [0.4, 0.5) is 0 Å². The zero-order chi connectivity index (χ0) is 15.7. The average molecular weight is 299 g/mol. The Hall–Kier alpha value is -2.30. The molecule has 0 unspecified atom stereocenters. The smallest absolute Gasteiger partial charge is 0.227 e. The molecule has 0 saturated carbocycles. The predicted molar refractivity (Wildman–Crippen MR) is 85.6 cm³/mol. The molecule has 5 heteroatoms. The molecule has 1 fully saturated rings. The number of rotatable bonds is 2. The van der Waals surface area contributed by atoms with Crippen molar-refractivity contribution in [2.24, 2.45) is 0 Å². The van der Waals surface area contributed by atoms with E-state index in [9.17, 15) is 9.59 Å². The number of amides is 2. The highest BCUT2D eigenvalue weighted by Crippen LogP contribution is 2.21. The van der Waals surface area contributed by atoms with Gasteiger partial charge in [-0.1, -0.05) is 11.6 Å². The van der Waals surface area contributed by atoms with Crippen LogP contribution in [0, 0.1) is 6.92 Å². The van der Waals surface area contributed by atoms with Crippen molar-refractivity contribution in [3.8, 4) is 0 Å². The molecule has 1 aromatic heterocycles. The van der Waals surface area contributed by atoms with Gasteiger partial charge in [-0.25, -0.2) is 0 Å². The summed E-state index contributed by atoms with van der Waals surface area (Å²) in [5.41, 5.74) is 3.29. The van der Waals surface area contributed by atoms with E-state index < -0.39 is 0 Å². The number of benzene rings is 1. The van der Waals surface area contributed by atoms with Crippen molar-refractivity contribution >= 4 is 22.7 Å². The number of nitrogens with one attached hydrogen (secondary N) is 1. The lowest BCUT2D eigenvalue weighted by atomic mass is 10.1. The summed E-state index contributed by atoms with van der Waals surface area (Å²) in [7, 11) is 0. The summed E-state index contributed by atoms with van der Waals surface area (Å²) < 4.78 is 0. The Morgan fingerprint density at radius 1 is 1.14 bits per heavy atom. The van der Waals surface area contributed by atoms with Crippen LogP contribution in [0.15, 0.2) is 24.4 Å². The predicted octanol–water partition coefficient (Wildman–Crippen LogP) is 1.71. The largest absolute Gasteiger partial charge is 0.361 e. The molecule has 3 rings (SSSR count). The molecule has 0 atom stereocenters. The third-order valence-electron chi connectivity index (χ3n) is 4.34. The molecule has 2 heterocycles. The number of piperazine rings is 1. The molecule has 0 aliphatic carbocycles. The van der Waals surface area contributed by atoms with Gasteiger partial charge in [0.15, 0.2) is 0 Å². The molecule has 2 aromatic rings. The summed E-state index contributed by atoms with van der Waals surface area (Å²) in [6, 6.07) is 6.22. The molecule has 0 bridgehead atoms. The fourth-order valence-corrected chi connectivity index (χ4v) is 2.98. The standard InChI is InChI=1S/C17H21N3O2/c1-12-3-4-16-15(9-12)14(11-18-16)10-17(22)20-7-5-19(6-8-20)13(2)21/h3-4,9,11,18H,5-8,10H2,1-2H3. The van der Waals surface area contributed by atoms with Gasteiger partial charge in [0.05, 0.1) is 6.42 Å². The molecular formula is C17H21N3O2. The Balaban J connectivity index is 1.69. The molecular weight excluding hydrogens is 278 g/mol. The SMILES string of the molecule is CC(=O)N1CCN(C(=O)Cc2c[nH]c3ccc(C)cc23)CC1. The molecule has 2 amide bonds. The third kappa shape index (κ3) is 2.84. The van der Waals surface area contributed by atoms with Gasteiger partial charge in [-0.3, -0.25) is 9.59 Å². The van der Waals surface area contributed by atoms with E-state index in [1.54, 1.807) is 11.8 Å². The highest BCUT2D eigenvalue weighted by Gasteiger charge is 2.22. The number of aryl methyl sites for hydroxylation is 1. The molecule has 1 N–H and O–H groups in total. The van der Waals surface area contributed by atoms with Gasteiger partial charge >= 0.3 is 0 Å². The Morgan fingerprint density at radius 3 is 2.50 bits per heavy atom. The number of carbonyl (C=O) groups is 2. The molecule has 1 aromatic carbocycles. The zero-order valence-electron chi connectivity index (χ0n) is 13.1. The quantitative estimate of drug-likeness (QED) is 0.918. The van der Waals surface area contributed by atoms with Crippen molar-refractivity contribution in [1.82, 2.24) is 14.8 Å². The van der Waals surface area contributed by atoms with Gasteiger partial charge in [0.2, 0.25) is 11.8 Å². The topological polar surface area (TPSA) is 56.4 Å². The molecule has 5 nitrogen and oxygen atoms in total. The lowest BCUT2D eigenvalue weighted by Gasteiger charge is -2.34. The fourth-order valence-electron chi connectivity index (χ4n) is 2.98. The number of nitrogens with zero attached hydrogens (tertiary/aromatic N) is 2. The monoisotopic (exact) mass is 299 g/mol. The van der Waals surface area contributed by atoms with Gasteiger partial charge in [0.25, 0.3) is 0 Å². The van der Waals surface area contributed by atoms with E-state index in [4.69, 9.17) is 0 Å². The third-order valence-corrected chi connectivity index (χ3v) is 4.34. The van der Waals surface area contributed by atoms with Crippen LogP contribution in [-0.2, 0) is 16.0 Å². The summed E-state index contributed by atoms with van der Waals surface area (Å²) in [5, 5.41) is 1.12. The number of aromatic amines is 1.